The van der Waals surface area contributed by atoms with Gasteiger partial charge in [0.15, 0.2) is 0 Å². The van der Waals surface area contributed by atoms with Gasteiger partial charge >= 0.3 is 5.97 Å². The molecule has 1 atom stereocenters. The van der Waals surface area contributed by atoms with Crippen molar-refractivity contribution in [3.05, 3.63) is 0 Å². The maximum absolute atomic E-state index is 10.6. The highest BCUT2D eigenvalue weighted by molar-refractivity contribution is 8.00. The maximum atomic E-state index is 10.6. The van der Waals surface area contributed by atoms with E-state index < -0.39 is 5.97 Å². The molecule has 1 spiro atoms. The lowest BCUT2D eigenvalue weighted by Gasteiger charge is -2.32. The molecule has 1 N–H and O–H groups in total. The zero-order valence-electron chi connectivity index (χ0n) is 8.50. The summed E-state index contributed by atoms with van der Waals surface area (Å²) >= 11 is 2.05. The van der Waals surface area contributed by atoms with Crippen LogP contribution in [0.5, 0.6) is 0 Å². The van der Waals surface area contributed by atoms with Gasteiger partial charge in [-0.1, -0.05) is 19.3 Å². The van der Waals surface area contributed by atoms with E-state index in [0.29, 0.717) is 17.1 Å². The van der Waals surface area contributed by atoms with Crippen LogP contribution in [0, 0.1) is 5.92 Å². The number of aliphatic carboxylic acids is 1. The summed E-state index contributed by atoms with van der Waals surface area (Å²) in [6.45, 7) is 0. The van der Waals surface area contributed by atoms with E-state index in [9.17, 15) is 4.79 Å². The quantitative estimate of drug-likeness (QED) is 0.768. The van der Waals surface area contributed by atoms with Crippen molar-refractivity contribution in [1.82, 2.24) is 0 Å². The molecule has 2 nitrogen and oxygen atoms in total. The smallest absolute Gasteiger partial charge is 0.303 e. The SMILES string of the molecule is O=C(O)CC1CSC2(CCCCC2)C1. The van der Waals surface area contributed by atoms with Gasteiger partial charge in [0, 0.05) is 11.2 Å². The van der Waals surface area contributed by atoms with Crippen LogP contribution < -0.4 is 0 Å². The van der Waals surface area contributed by atoms with Gasteiger partial charge in [0.1, 0.15) is 0 Å². The number of carboxylic acid groups (broad SMARTS) is 1. The van der Waals surface area contributed by atoms with E-state index in [2.05, 4.69) is 11.8 Å². The molecule has 0 aromatic rings. The molecule has 0 aromatic heterocycles. The second-order valence-electron chi connectivity index (χ2n) is 4.72. The highest BCUT2D eigenvalue weighted by Crippen LogP contribution is 2.51. The highest BCUT2D eigenvalue weighted by atomic mass is 32.2. The Bertz CT molecular complexity index is 221. The summed E-state index contributed by atoms with van der Waals surface area (Å²) in [5, 5.41) is 8.75. The third-order valence-electron chi connectivity index (χ3n) is 3.51. The van der Waals surface area contributed by atoms with Crippen LogP contribution in [0.3, 0.4) is 0 Å². The Kier molecular flexibility index (Phi) is 3.05. The van der Waals surface area contributed by atoms with Gasteiger partial charge in [-0.05, 0) is 30.9 Å². The van der Waals surface area contributed by atoms with Gasteiger partial charge in [0.25, 0.3) is 0 Å². The zero-order valence-corrected chi connectivity index (χ0v) is 9.31. The number of rotatable bonds is 2. The van der Waals surface area contributed by atoms with Crippen molar-refractivity contribution in [1.29, 1.82) is 0 Å². The van der Waals surface area contributed by atoms with E-state index in [1.54, 1.807) is 0 Å². The molecule has 1 aliphatic heterocycles. The topological polar surface area (TPSA) is 37.3 Å². The summed E-state index contributed by atoms with van der Waals surface area (Å²) in [7, 11) is 0. The molecule has 14 heavy (non-hydrogen) atoms. The summed E-state index contributed by atoms with van der Waals surface area (Å²) < 4.78 is 0.484. The molecule has 0 radical (unpaired) electrons. The fourth-order valence-corrected chi connectivity index (χ4v) is 4.62. The first-order valence-electron chi connectivity index (χ1n) is 5.56. The number of carboxylic acids is 1. The van der Waals surface area contributed by atoms with Crippen molar-refractivity contribution in [2.24, 2.45) is 5.92 Å². The Hall–Kier alpha value is -0.180. The fourth-order valence-electron chi connectivity index (χ4n) is 2.86. The number of thioether (sulfide) groups is 1. The van der Waals surface area contributed by atoms with E-state index in [1.165, 1.54) is 32.1 Å². The lowest BCUT2D eigenvalue weighted by atomic mass is 9.82. The largest absolute Gasteiger partial charge is 0.481 e. The van der Waals surface area contributed by atoms with Crippen molar-refractivity contribution in [3.8, 4) is 0 Å². The number of carbonyl (C=O) groups is 1. The van der Waals surface area contributed by atoms with Gasteiger partial charge in [0.2, 0.25) is 0 Å². The van der Waals surface area contributed by atoms with Crippen LogP contribution in [-0.2, 0) is 4.79 Å². The minimum Gasteiger partial charge on any atom is -0.481 e. The lowest BCUT2D eigenvalue weighted by Crippen LogP contribution is -2.25. The monoisotopic (exact) mass is 214 g/mol. The molecule has 2 fully saturated rings. The Labute approximate surface area is 89.5 Å². The fraction of sp³-hybridized carbons (Fsp3) is 0.909. The second-order valence-corrected chi connectivity index (χ2v) is 6.21. The molecular formula is C11H18O2S. The molecule has 2 rings (SSSR count). The van der Waals surface area contributed by atoms with Crippen LogP contribution >= 0.6 is 11.8 Å². The van der Waals surface area contributed by atoms with Crippen LogP contribution in [-0.4, -0.2) is 21.6 Å². The normalized spacial score (nSPS) is 30.7. The standard InChI is InChI=1S/C11H18O2S/c12-10(13)6-9-7-11(14-8-9)4-2-1-3-5-11/h9H,1-8H2,(H,12,13). The second kappa shape index (κ2) is 4.13. The lowest BCUT2D eigenvalue weighted by molar-refractivity contribution is -0.137. The Balaban J connectivity index is 1.89. The molecule has 0 bridgehead atoms. The van der Waals surface area contributed by atoms with Crippen molar-refractivity contribution >= 4 is 17.7 Å². The number of hydrogen-bond acceptors (Lipinski definition) is 2. The van der Waals surface area contributed by atoms with Crippen LogP contribution in [0.25, 0.3) is 0 Å². The summed E-state index contributed by atoms with van der Waals surface area (Å²) in [4.78, 5) is 10.6. The summed E-state index contributed by atoms with van der Waals surface area (Å²) in [6, 6.07) is 0. The average Bonchev–Trinajstić information content (AvgIpc) is 2.49. The van der Waals surface area contributed by atoms with E-state index in [-0.39, 0.29) is 0 Å². The maximum Gasteiger partial charge on any atom is 0.303 e. The van der Waals surface area contributed by atoms with Crippen molar-refractivity contribution in [2.75, 3.05) is 5.75 Å². The van der Waals surface area contributed by atoms with E-state index in [4.69, 9.17) is 5.11 Å². The van der Waals surface area contributed by atoms with Crippen molar-refractivity contribution in [2.45, 2.75) is 49.7 Å². The summed E-state index contributed by atoms with van der Waals surface area (Å²) in [6.07, 6.45) is 8.28. The molecule has 1 aliphatic carbocycles. The molecule has 0 aromatic carbocycles. The molecule has 3 heteroatoms. The first kappa shape index (κ1) is 10.3. The first-order valence-corrected chi connectivity index (χ1v) is 6.55. The van der Waals surface area contributed by atoms with Gasteiger partial charge in [-0.3, -0.25) is 4.79 Å². The van der Waals surface area contributed by atoms with Crippen molar-refractivity contribution in [3.63, 3.8) is 0 Å². The van der Waals surface area contributed by atoms with Gasteiger partial charge in [-0.2, -0.15) is 11.8 Å². The summed E-state index contributed by atoms with van der Waals surface area (Å²) in [5.74, 6) is 0.894. The molecule has 1 heterocycles. The molecule has 1 saturated carbocycles. The van der Waals surface area contributed by atoms with E-state index in [1.807, 2.05) is 0 Å². The predicted octanol–water partition coefficient (Wildman–Crippen LogP) is 2.92. The van der Waals surface area contributed by atoms with Gasteiger partial charge in [-0.15, -0.1) is 0 Å². The van der Waals surface area contributed by atoms with Crippen molar-refractivity contribution < 1.29 is 9.90 Å². The summed E-state index contributed by atoms with van der Waals surface area (Å²) in [5.41, 5.74) is 0. The third-order valence-corrected chi connectivity index (χ3v) is 5.34. The van der Waals surface area contributed by atoms with Gasteiger partial charge < -0.3 is 5.11 Å². The zero-order chi connectivity index (χ0) is 10.0. The molecule has 1 saturated heterocycles. The number of hydrogen-bond donors (Lipinski definition) is 1. The Morgan fingerprint density at radius 1 is 1.36 bits per heavy atom. The molecule has 80 valence electrons. The van der Waals surface area contributed by atoms with Crippen LogP contribution in [0.2, 0.25) is 0 Å². The van der Waals surface area contributed by atoms with Crippen LogP contribution in [0.15, 0.2) is 0 Å². The average molecular weight is 214 g/mol. The first-order chi connectivity index (χ1) is 6.70. The predicted molar refractivity (Wildman–Crippen MR) is 58.6 cm³/mol. The van der Waals surface area contributed by atoms with E-state index in [0.717, 1.165) is 12.2 Å². The molecular weight excluding hydrogens is 196 g/mol. The highest BCUT2D eigenvalue weighted by Gasteiger charge is 2.40. The van der Waals surface area contributed by atoms with Crippen LogP contribution in [0.4, 0.5) is 0 Å². The van der Waals surface area contributed by atoms with E-state index >= 15 is 0 Å². The Morgan fingerprint density at radius 3 is 2.71 bits per heavy atom. The third kappa shape index (κ3) is 2.25. The molecule has 2 aliphatic rings. The molecule has 1 unspecified atom stereocenters. The van der Waals surface area contributed by atoms with Gasteiger partial charge in [-0.25, -0.2) is 0 Å². The minimum absolute atomic E-state index is 0.384. The van der Waals surface area contributed by atoms with Crippen LogP contribution in [0.1, 0.15) is 44.9 Å². The van der Waals surface area contributed by atoms with Gasteiger partial charge in [0.05, 0.1) is 0 Å². The molecule has 0 amide bonds. The minimum atomic E-state index is -0.622. The Morgan fingerprint density at radius 2 is 2.07 bits per heavy atom.